The molecule has 0 atom stereocenters. The van der Waals surface area contributed by atoms with Gasteiger partial charge in [-0.05, 0) is 42.5 Å². The van der Waals surface area contributed by atoms with Crippen LogP contribution in [0.15, 0.2) is 72.8 Å². The van der Waals surface area contributed by atoms with Crippen LogP contribution in [0, 0.1) is 0 Å². The van der Waals surface area contributed by atoms with Crippen LogP contribution < -0.4 is 9.47 Å². The van der Waals surface area contributed by atoms with E-state index in [1.54, 1.807) is 36.4 Å². The van der Waals surface area contributed by atoms with Gasteiger partial charge in [-0.1, -0.05) is 30.3 Å². The molecule has 2 N–H and O–H groups in total. The molecular weight excluding hydrogens is 450 g/mol. The van der Waals surface area contributed by atoms with Gasteiger partial charge in [-0.2, -0.15) is 0 Å². The fourth-order valence-corrected chi connectivity index (χ4v) is 3.85. The smallest absolute Gasteiger partial charge is 0.416 e. The molecule has 8 heteroatoms. The summed E-state index contributed by atoms with van der Waals surface area (Å²) in [6.07, 6.45) is 1.76. The Bertz CT molecular complexity index is 1480. The third-order valence-electron chi connectivity index (χ3n) is 5.56. The molecule has 4 aromatic rings. The number of aromatic carboxylic acids is 1. The lowest BCUT2D eigenvalue weighted by Crippen LogP contribution is -2.09. The monoisotopic (exact) mass is 471 g/mol. The van der Waals surface area contributed by atoms with Gasteiger partial charge in [0.2, 0.25) is 0 Å². The lowest BCUT2D eigenvalue weighted by molar-refractivity contribution is 0.0696. The van der Waals surface area contributed by atoms with Gasteiger partial charge in [-0.15, -0.1) is 0 Å². The fraction of sp³-hybridized carbons (Fsp3) is 0.0741. The molecule has 0 fully saturated rings. The van der Waals surface area contributed by atoms with Crippen molar-refractivity contribution in [2.24, 2.45) is 0 Å². The topological polar surface area (TPSA) is 115 Å². The minimum Gasteiger partial charge on any atom is -0.496 e. The second-order valence-electron chi connectivity index (χ2n) is 7.58. The zero-order valence-corrected chi connectivity index (χ0v) is 18.9. The minimum absolute atomic E-state index is 0.0841. The van der Waals surface area contributed by atoms with E-state index in [-0.39, 0.29) is 11.3 Å². The number of ketones is 1. The average molecular weight is 471 g/mol. The number of carbonyl (C=O) groups is 3. The van der Waals surface area contributed by atoms with Crippen molar-refractivity contribution >= 4 is 34.8 Å². The van der Waals surface area contributed by atoms with Gasteiger partial charge >= 0.3 is 12.1 Å². The van der Waals surface area contributed by atoms with Crippen LogP contribution in [0.3, 0.4) is 0 Å². The first-order valence-electron chi connectivity index (χ1n) is 10.5. The number of benzene rings is 3. The molecule has 0 saturated carbocycles. The summed E-state index contributed by atoms with van der Waals surface area (Å²) < 4.78 is 12.2. The number of carbonyl (C=O) groups excluding carboxylic acids is 1. The van der Waals surface area contributed by atoms with Crippen molar-refractivity contribution in [2.75, 3.05) is 14.2 Å². The molecule has 35 heavy (non-hydrogen) atoms. The Labute approximate surface area is 200 Å². The molecule has 3 aromatic carbocycles. The number of hydrogen-bond donors (Lipinski definition) is 2. The number of carboxylic acids is 1. The molecule has 0 spiro atoms. The average Bonchev–Trinajstić information content (AvgIpc) is 3.26. The van der Waals surface area contributed by atoms with Crippen molar-refractivity contribution in [3.05, 3.63) is 89.5 Å². The first-order valence-corrected chi connectivity index (χ1v) is 10.5. The van der Waals surface area contributed by atoms with Gasteiger partial charge in [0.05, 0.1) is 31.0 Å². The van der Waals surface area contributed by atoms with Crippen molar-refractivity contribution < 1.29 is 34.1 Å². The lowest BCUT2D eigenvalue weighted by atomic mass is 10.0. The van der Waals surface area contributed by atoms with Crippen molar-refractivity contribution in [3.8, 4) is 22.8 Å². The molecule has 0 unspecified atom stereocenters. The molecule has 0 aliphatic carbocycles. The normalized spacial score (nSPS) is 11.0. The van der Waals surface area contributed by atoms with Gasteiger partial charge in [0.25, 0.3) is 0 Å². The van der Waals surface area contributed by atoms with Crippen molar-refractivity contribution in [3.63, 3.8) is 0 Å². The highest BCUT2D eigenvalue weighted by atomic mass is 16.5. The Morgan fingerprint density at radius 1 is 0.829 bits per heavy atom. The zero-order chi connectivity index (χ0) is 25.1. The summed E-state index contributed by atoms with van der Waals surface area (Å²) in [7, 11) is 2.96. The molecule has 8 nitrogen and oxygen atoms in total. The Morgan fingerprint density at radius 2 is 1.49 bits per heavy atom. The summed E-state index contributed by atoms with van der Waals surface area (Å²) in [5, 5.41) is 19.7. The molecule has 1 aromatic heterocycles. The van der Waals surface area contributed by atoms with Gasteiger partial charge in [0.1, 0.15) is 11.5 Å². The van der Waals surface area contributed by atoms with Gasteiger partial charge in [0, 0.05) is 28.1 Å². The number of fused-ring (bicyclic) bond motifs is 1. The Kier molecular flexibility index (Phi) is 6.37. The number of carboxylic acid groups (broad SMARTS) is 2. The maximum absolute atomic E-state index is 12.7. The minimum atomic E-state index is -1.14. The SMILES string of the molecule is COc1cc(OC)c(-c2cc3ccccc3n2C(=O)O)cc1/C=C/C(=O)c1ccc(C(=O)O)cc1. The molecule has 0 saturated heterocycles. The standard InChI is InChI=1S/C27H21NO7/c1-34-24-15-25(35-2)20(22-14-18-5-3-4-6-21(18)28(22)27(32)33)13-19(24)11-12-23(29)16-7-9-17(10-8-16)26(30)31/h3-15H,1-2H3,(H,30,31)(H,32,33)/b12-11+. The third kappa shape index (κ3) is 4.49. The second-order valence-corrected chi connectivity index (χ2v) is 7.58. The molecular formula is C27H21NO7. The van der Waals surface area contributed by atoms with Crippen LogP contribution in [-0.4, -0.2) is 46.8 Å². The molecule has 0 amide bonds. The van der Waals surface area contributed by atoms with Gasteiger partial charge in [-0.25, -0.2) is 14.2 Å². The van der Waals surface area contributed by atoms with Gasteiger partial charge in [-0.3, -0.25) is 4.79 Å². The third-order valence-corrected chi connectivity index (χ3v) is 5.56. The highest BCUT2D eigenvalue weighted by Crippen LogP contribution is 2.39. The predicted molar refractivity (Wildman–Crippen MR) is 131 cm³/mol. The van der Waals surface area contributed by atoms with Crippen LogP contribution >= 0.6 is 0 Å². The number of ether oxygens (including phenoxy) is 2. The van der Waals surface area contributed by atoms with E-state index in [9.17, 15) is 19.5 Å². The van der Waals surface area contributed by atoms with Crippen molar-refractivity contribution in [1.29, 1.82) is 0 Å². The van der Waals surface area contributed by atoms with Crippen LogP contribution in [0.2, 0.25) is 0 Å². The van der Waals surface area contributed by atoms with Crippen molar-refractivity contribution in [2.45, 2.75) is 0 Å². The van der Waals surface area contributed by atoms with Crippen molar-refractivity contribution in [1.82, 2.24) is 4.57 Å². The van der Waals surface area contributed by atoms with Crippen LogP contribution in [0.25, 0.3) is 28.2 Å². The Morgan fingerprint density at radius 3 is 2.11 bits per heavy atom. The first-order chi connectivity index (χ1) is 16.8. The lowest BCUT2D eigenvalue weighted by Gasteiger charge is -2.14. The zero-order valence-electron chi connectivity index (χ0n) is 18.9. The van der Waals surface area contributed by atoms with Crippen LogP contribution in [0.1, 0.15) is 26.3 Å². The number of aromatic nitrogens is 1. The number of nitrogens with zero attached hydrogens (tertiary/aromatic N) is 1. The molecule has 4 rings (SSSR count). The first kappa shape index (κ1) is 23.3. The number of allylic oxidation sites excluding steroid dienone is 1. The van der Waals surface area contributed by atoms with E-state index in [2.05, 4.69) is 0 Å². The van der Waals surface area contributed by atoms with E-state index in [0.717, 1.165) is 5.39 Å². The van der Waals surface area contributed by atoms with E-state index < -0.39 is 12.1 Å². The molecule has 0 aliphatic heterocycles. The highest BCUT2D eigenvalue weighted by Gasteiger charge is 2.20. The van der Waals surface area contributed by atoms with Crippen LogP contribution in [-0.2, 0) is 0 Å². The van der Waals surface area contributed by atoms with E-state index >= 15 is 0 Å². The summed E-state index contributed by atoms with van der Waals surface area (Å²) in [5.41, 5.74) is 2.38. The van der Waals surface area contributed by atoms with Crippen LogP contribution in [0.5, 0.6) is 11.5 Å². The van der Waals surface area contributed by atoms with E-state index in [0.29, 0.717) is 39.4 Å². The molecule has 0 bridgehead atoms. The quantitative estimate of drug-likeness (QED) is 0.272. The molecule has 1 heterocycles. The maximum Gasteiger partial charge on any atom is 0.416 e. The van der Waals surface area contributed by atoms with Gasteiger partial charge < -0.3 is 19.7 Å². The van der Waals surface area contributed by atoms with E-state index in [1.807, 2.05) is 12.1 Å². The van der Waals surface area contributed by atoms with Gasteiger partial charge in [0.15, 0.2) is 5.78 Å². The molecule has 0 radical (unpaired) electrons. The molecule has 176 valence electrons. The number of rotatable bonds is 7. The largest absolute Gasteiger partial charge is 0.496 e. The van der Waals surface area contributed by atoms with E-state index in [1.165, 1.54) is 49.1 Å². The fourth-order valence-electron chi connectivity index (χ4n) is 3.85. The predicted octanol–water partition coefficient (Wildman–Crippen LogP) is 5.45. The Balaban J connectivity index is 1.79. The maximum atomic E-state index is 12.7. The summed E-state index contributed by atoms with van der Waals surface area (Å²) in [6, 6.07) is 17.8. The summed E-state index contributed by atoms with van der Waals surface area (Å²) >= 11 is 0. The Hall–Kier alpha value is -4.85. The number of para-hydroxylation sites is 1. The number of methoxy groups -OCH3 is 2. The highest BCUT2D eigenvalue weighted by molar-refractivity contribution is 6.07. The summed E-state index contributed by atoms with van der Waals surface area (Å²) in [6.45, 7) is 0. The second kappa shape index (κ2) is 9.56. The summed E-state index contributed by atoms with van der Waals surface area (Å²) in [5.74, 6) is -0.580. The number of hydrogen-bond acceptors (Lipinski definition) is 5. The van der Waals surface area contributed by atoms with Crippen LogP contribution in [0.4, 0.5) is 4.79 Å². The van der Waals surface area contributed by atoms with E-state index in [4.69, 9.17) is 14.6 Å². The molecule has 0 aliphatic rings. The summed E-state index contributed by atoms with van der Waals surface area (Å²) in [4.78, 5) is 35.8.